The summed E-state index contributed by atoms with van der Waals surface area (Å²) in [5.41, 5.74) is 0.921. The maximum Gasteiger partial charge on any atom is 0.251 e. The van der Waals surface area contributed by atoms with Gasteiger partial charge in [-0.15, -0.1) is 0 Å². The second-order valence-electron chi connectivity index (χ2n) is 6.52. The van der Waals surface area contributed by atoms with Crippen molar-refractivity contribution in [3.05, 3.63) is 35.4 Å². The van der Waals surface area contributed by atoms with E-state index in [2.05, 4.69) is 17.1 Å². The Kier molecular flexibility index (Phi) is 6.57. The van der Waals surface area contributed by atoms with Crippen LogP contribution in [-0.4, -0.2) is 60.9 Å². The van der Waals surface area contributed by atoms with Crippen molar-refractivity contribution in [2.24, 2.45) is 0 Å². The molecule has 0 aliphatic carbocycles. The minimum Gasteiger partial charge on any atom is -0.387 e. The minimum absolute atomic E-state index is 0.143. The summed E-state index contributed by atoms with van der Waals surface area (Å²) in [6.45, 7) is 7.71. The highest BCUT2D eigenvalue weighted by Crippen LogP contribution is 2.10. The fourth-order valence-electron chi connectivity index (χ4n) is 2.78. The highest BCUT2D eigenvalue weighted by atomic mass is 16.5. The van der Waals surface area contributed by atoms with E-state index in [9.17, 15) is 9.90 Å². The summed E-state index contributed by atoms with van der Waals surface area (Å²) in [4.78, 5) is 14.4. The predicted molar refractivity (Wildman–Crippen MR) is 90.7 cm³/mol. The van der Waals surface area contributed by atoms with E-state index in [1.807, 2.05) is 24.3 Å². The zero-order valence-corrected chi connectivity index (χ0v) is 14.2. The quantitative estimate of drug-likeness (QED) is 0.798. The summed E-state index contributed by atoms with van der Waals surface area (Å²) in [6.07, 6.45) is 2.12. The van der Waals surface area contributed by atoms with Crippen LogP contribution in [0.5, 0.6) is 0 Å². The van der Waals surface area contributed by atoms with Gasteiger partial charge in [0.15, 0.2) is 0 Å². The van der Waals surface area contributed by atoms with Gasteiger partial charge in [0, 0.05) is 31.7 Å². The summed E-state index contributed by atoms with van der Waals surface area (Å²) in [7, 11) is 0. The van der Waals surface area contributed by atoms with Crippen molar-refractivity contribution in [1.29, 1.82) is 0 Å². The Morgan fingerprint density at radius 2 is 1.96 bits per heavy atom. The average Bonchev–Trinajstić information content (AvgIpc) is 2.54. The Bertz CT molecular complexity index is 493. The largest absolute Gasteiger partial charge is 0.387 e. The van der Waals surface area contributed by atoms with Gasteiger partial charge in [-0.2, -0.15) is 0 Å². The van der Waals surface area contributed by atoms with Crippen molar-refractivity contribution in [2.75, 3.05) is 39.4 Å². The molecule has 1 saturated heterocycles. The van der Waals surface area contributed by atoms with Crippen molar-refractivity contribution in [3.8, 4) is 0 Å². The van der Waals surface area contributed by atoms with Gasteiger partial charge in [-0.1, -0.05) is 25.5 Å². The number of β-amino-alcohol motifs (C(OH)–C–C–N with tert-alkyl or cyclic N) is 1. The first-order valence-electron chi connectivity index (χ1n) is 8.40. The molecule has 1 fully saturated rings. The van der Waals surface area contributed by atoms with Crippen LogP contribution in [-0.2, 0) is 11.2 Å². The SMILES string of the molecule is CCCc1ccc(C(=O)NCC(C)(O)CN2CCOCC2)cc1. The second kappa shape index (κ2) is 8.43. The molecule has 2 N–H and O–H groups in total. The molecule has 5 nitrogen and oxygen atoms in total. The molecule has 128 valence electrons. The van der Waals surface area contributed by atoms with Gasteiger partial charge >= 0.3 is 0 Å². The number of carbonyl (C=O) groups excluding carboxylic acids is 1. The lowest BCUT2D eigenvalue weighted by Crippen LogP contribution is -2.51. The molecular weight excluding hydrogens is 292 g/mol. The molecule has 2 rings (SSSR count). The molecule has 1 aromatic rings. The molecule has 1 atom stereocenters. The molecule has 0 bridgehead atoms. The van der Waals surface area contributed by atoms with E-state index < -0.39 is 5.60 Å². The van der Waals surface area contributed by atoms with E-state index in [1.54, 1.807) is 6.92 Å². The lowest BCUT2D eigenvalue weighted by atomic mass is 10.0. The minimum atomic E-state index is -0.949. The molecule has 0 aromatic heterocycles. The fourth-order valence-corrected chi connectivity index (χ4v) is 2.78. The molecule has 1 aliphatic rings. The zero-order valence-electron chi connectivity index (χ0n) is 14.2. The molecule has 1 heterocycles. The first kappa shape index (κ1) is 17.9. The Morgan fingerprint density at radius 3 is 2.57 bits per heavy atom. The van der Waals surface area contributed by atoms with Crippen LogP contribution in [0.1, 0.15) is 36.2 Å². The van der Waals surface area contributed by atoms with Crippen LogP contribution in [0.25, 0.3) is 0 Å². The van der Waals surface area contributed by atoms with Gasteiger partial charge < -0.3 is 15.2 Å². The van der Waals surface area contributed by atoms with E-state index in [1.165, 1.54) is 5.56 Å². The van der Waals surface area contributed by atoms with Gasteiger partial charge in [0.2, 0.25) is 0 Å². The maximum atomic E-state index is 12.2. The topological polar surface area (TPSA) is 61.8 Å². The Labute approximate surface area is 138 Å². The third-order valence-corrected chi connectivity index (χ3v) is 4.05. The van der Waals surface area contributed by atoms with Crippen LogP contribution >= 0.6 is 0 Å². The number of morpholine rings is 1. The van der Waals surface area contributed by atoms with Gasteiger partial charge in [-0.3, -0.25) is 9.69 Å². The van der Waals surface area contributed by atoms with Crippen LogP contribution < -0.4 is 5.32 Å². The van der Waals surface area contributed by atoms with E-state index in [-0.39, 0.29) is 12.5 Å². The summed E-state index contributed by atoms with van der Waals surface area (Å²) >= 11 is 0. The summed E-state index contributed by atoms with van der Waals surface area (Å²) in [6, 6.07) is 7.67. The summed E-state index contributed by atoms with van der Waals surface area (Å²) in [5, 5.41) is 13.3. The normalized spacial score (nSPS) is 18.4. The van der Waals surface area contributed by atoms with E-state index in [4.69, 9.17) is 4.74 Å². The van der Waals surface area contributed by atoms with Crippen LogP contribution in [0, 0.1) is 0 Å². The molecule has 23 heavy (non-hydrogen) atoms. The molecule has 0 spiro atoms. The second-order valence-corrected chi connectivity index (χ2v) is 6.52. The first-order valence-corrected chi connectivity index (χ1v) is 8.40. The van der Waals surface area contributed by atoms with Crippen molar-refractivity contribution in [1.82, 2.24) is 10.2 Å². The molecule has 5 heteroatoms. The summed E-state index contributed by atoms with van der Waals surface area (Å²) in [5.74, 6) is -0.143. The van der Waals surface area contributed by atoms with E-state index in [0.29, 0.717) is 25.3 Å². The van der Waals surface area contributed by atoms with Crippen molar-refractivity contribution >= 4 is 5.91 Å². The fraction of sp³-hybridized carbons (Fsp3) is 0.611. The number of benzene rings is 1. The Hall–Kier alpha value is -1.43. The molecular formula is C18H28N2O3. The predicted octanol–water partition coefficient (Wildman–Crippen LogP) is 1.45. The Morgan fingerprint density at radius 1 is 1.30 bits per heavy atom. The number of ether oxygens (including phenoxy) is 1. The molecule has 1 amide bonds. The Balaban J connectivity index is 1.82. The maximum absolute atomic E-state index is 12.2. The van der Waals surface area contributed by atoms with Crippen molar-refractivity contribution < 1.29 is 14.6 Å². The molecule has 1 unspecified atom stereocenters. The first-order chi connectivity index (χ1) is 11.0. The highest BCUT2D eigenvalue weighted by molar-refractivity contribution is 5.94. The van der Waals surface area contributed by atoms with Crippen LogP contribution in [0.3, 0.4) is 0 Å². The number of amides is 1. The van der Waals surface area contributed by atoms with Gasteiger partial charge in [0.25, 0.3) is 5.91 Å². The average molecular weight is 320 g/mol. The number of carbonyl (C=O) groups is 1. The number of nitrogens with zero attached hydrogens (tertiary/aromatic N) is 1. The van der Waals surface area contributed by atoms with Gasteiger partial charge in [-0.05, 0) is 31.0 Å². The van der Waals surface area contributed by atoms with Crippen LogP contribution in [0.4, 0.5) is 0 Å². The molecule has 1 aliphatic heterocycles. The molecule has 1 aromatic carbocycles. The molecule has 0 saturated carbocycles. The number of aryl methyl sites for hydroxylation is 1. The standard InChI is InChI=1S/C18H28N2O3/c1-3-4-15-5-7-16(8-6-15)17(21)19-13-18(2,22)14-20-9-11-23-12-10-20/h5-8,22H,3-4,9-14H2,1-2H3,(H,19,21). The monoisotopic (exact) mass is 320 g/mol. The van der Waals surface area contributed by atoms with Crippen molar-refractivity contribution in [3.63, 3.8) is 0 Å². The van der Waals surface area contributed by atoms with E-state index in [0.717, 1.165) is 25.9 Å². The van der Waals surface area contributed by atoms with Crippen LogP contribution in [0.2, 0.25) is 0 Å². The zero-order chi connectivity index (χ0) is 16.7. The third-order valence-electron chi connectivity index (χ3n) is 4.05. The number of rotatable bonds is 7. The van der Waals surface area contributed by atoms with Crippen LogP contribution in [0.15, 0.2) is 24.3 Å². The number of aliphatic hydroxyl groups is 1. The van der Waals surface area contributed by atoms with Gasteiger partial charge in [0.05, 0.1) is 18.8 Å². The third kappa shape index (κ3) is 5.94. The summed E-state index contributed by atoms with van der Waals surface area (Å²) < 4.78 is 5.30. The van der Waals surface area contributed by atoms with Gasteiger partial charge in [-0.25, -0.2) is 0 Å². The molecule has 0 radical (unpaired) electrons. The number of hydrogen-bond acceptors (Lipinski definition) is 4. The number of hydrogen-bond donors (Lipinski definition) is 2. The number of nitrogens with one attached hydrogen (secondary N) is 1. The van der Waals surface area contributed by atoms with Crippen molar-refractivity contribution in [2.45, 2.75) is 32.3 Å². The van der Waals surface area contributed by atoms with Gasteiger partial charge in [0.1, 0.15) is 0 Å². The van der Waals surface area contributed by atoms with E-state index >= 15 is 0 Å². The highest BCUT2D eigenvalue weighted by Gasteiger charge is 2.26. The lowest BCUT2D eigenvalue weighted by molar-refractivity contribution is -0.0213. The lowest BCUT2D eigenvalue weighted by Gasteiger charge is -2.33. The smallest absolute Gasteiger partial charge is 0.251 e.